The van der Waals surface area contributed by atoms with Crippen LogP contribution >= 0.6 is 0 Å². The number of benzene rings is 1. The Hall–Kier alpha value is -2.65. The molecule has 2 aliphatic rings. The number of nitrogens with one attached hydrogen (secondary N) is 2. The topological polar surface area (TPSA) is 39.7 Å². The van der Waals surface area contributed by atoms with E-state index in [1.807, 2.05) is 0 Å². The molecule has 2 heterocycles. The first-order chi connectivity index (χ1) is 11.1. The summed E-state index contributed by atoms with van der Waals surface area (Å²) in [5.41, 5.74) is 4.46. The fourth-order valence-corrected chi connectivity index (χ4v) is 2.37. The molecule has 2 N–H and O–H groups in total. The molecule has 0 saturated carbocycles. The highest BCUT2D eigenvalue weighted by Gasteiger charge is 2.45. The van der Waals surface area contributed by atoms with Crippen LogP contribution in [-0.2, 0) is 6.18 Å². The van der Waals surface area contributed by atoms with E-state index in [1.165, 1.54) is 31.2 Å². The van der Waals surface area contributed by atoms with Crippen LogP contribution < -0.4 is 10.9 Å². The van der Waals surface area contributed by atoms with Crippen molar-refractivity contribution < 1.29 is 26.3 Å². The Morgan fingerprint density at radius 1 is 1.00 bits per heavy atom. The van der Waals surface area contributed by atoms with E-state index < -0.39 is 23.8 Å². The van der Waals surface area contributed by atoms with E-state index in [0.717, 1.165) is 6.07 Å². The Balaban J connectivity index is 1.90. The lowest BCUT2D eigenvalue weighted by molar-refractivity contribution is -0.138. The maximum Gasteiger partial charge on any atom is 0.453 e. The Bertz CT molecular complexity index is 772. The summed E-state index contributed by atoms with van der Waals surface area (Å²) in [4.78, 5) is 0. The molecule has 0 bridgehead atoms. The zero-order valence-corrected chi connectivity index (χ0v) is 12.0. The van der Waals surface area contributed by atoms with Crippen molar-refractivity contribution in [2.75, 3.05) is 0 Å². The minimum Gasteiger partial charge on any atom is -0.290 e. The number of aryl methyl sites for hydroxylation is 1. The van der Waals surface area contributed by atoms with Gasteiger partial charge in [0.15, 0.2) is 0 Å². The number of rotatable bonds is 1. The highest BCUT2D eigenvalue weighted by atomic mass is 19.4. The van der Waals surface area contributed by atoms with Gasteiger partial charge in [0.1, 0.15) is 5.82 Å². The molecule has 3 rings (SSSR count). The van der Waals surface area contributed by atoms with Gasteiger partial charge in [0.05, 0.1) is 11.3 Å². The third kappa shape index (κ3) is 2.79. The lowest BCUT2D eigenvalue weighted by Gasteiger charge is -2.28. The van der Waals surface area contributed by atoms with E-state index >= 15 is 0 Å². The molecule has 10 heteroatoms. The second-order valence-corrected chi connectivity index (χ2v) is 5.15. The number of halogens is 6. The van der Waals surface area contributed by atoms with Crippen molar-refractivity contribution >= 4 is 11.5 Å². The zero-order chi connectivity index (χ0) is 17.7. The molecule has 24 heavy (non-hydrogen) atoms. The Morgan fingerprint density at radius 2 is 1.71 bits per heavy atom. The fraction of sp³-hybridized carbons (Fsp3) is 0.214. The molecule has 0 amide bonds. The van der Waals surface area contributed by atoms with Crippen LogP contribution in [0.2, 0.25) is 0 Å². The van der Waals surface area contributed by atoms with E-state index in [9.17, 15) is 26.3 Å². The predicted octanol–water partition coefficient (Wildman–Crippen LogP) is 3.50. The molecule has 0 spiro atoms. The van der Waals surface area contributed by atoms with E-state index in [-0.39, 0.29) is 17.1 Å². The first kappa shape index (κ1) is 16.2. The number of allylic oxidation sites excluding steroid dienone is 2. The number of hydrazone groups is 1. The normalized spacial score (nSPS) is 17.5. The summed E-state index contributed by atoms with van der Waals surface area (Å²) in [5, 5.41) is 3.90. The van der Waals surface area contributed by atoms with Gasteiger partial charge in [-0.05, 0) is 42.3 Å². The summed E-state index contributed by atoms with van der Waals surface area (Å²) in [6.45, 7) is 1.29. The second-order valence-electron chi connectivity index (χ2n) is 5.15. The summed E-state index contributed by atoms with van der Waals surface area (Å²) in [6, 6.07) is 3.35. The lowest BCUT2D eigenvalue weighted by atomic mass is 10.0. The van der Waals surface area contributed by atoms with Gasteiger partial charge in [0.2, 0.25) is 0 Å². The molecule has 0 aliphatic carbocycles. The fourth-order valence-electron chi connectivity index (χ4n) is 2.37. The van der Waals surface area contributed by atoms with Crippen molar-refractivity contribution in [1.82, 2.24) is 15.9 Å². The Labute approximate surface area is 132 Å². The number of hydrazine groups is 1. The number of amidine groups is 1. The van der Waals surface area contributed by atoms with Gasteiger partial charge in [0.25, 0.3) is 5.84 Å². The van der Waals surface area contributed by atoms with E-state index in [0.29, 0.717) is 10.6 Å². The summed E-state index contributed by atoms with van der Waals surface area (Å²) in [5.74, 6) is -1.13. The number of hydrogen-bond donors (Lipinski definition) is 2. The summed E-state index contributed by atoms with van der Waals surface area (Å²) in [6.07, 6.45) is -6.37. The largest absolute Gasteiger partial charge is 0.453 e. The van der Waals surface area contributed by atoms with E-state index in [1.54, 1.807) is 0 Å². The predicted molar refractivity (Wildman–Crippen MR) is 73.8 cm³/mol. The van der Waals surface area contributed by atoms with Crippen molar-refractivity contribution in [2.45, 2.75) is 19.3 Å². The van der Waals surface area contributed by atoms with Crippen LogP contribution in [0.1, 0.15) is 16.7 Å². The van der Waals surface area contributed by atoms with E-state index in [2.05, 4.69) is 16.0 Å². The third-order valence-corrected chi connectivity index (χ3v) is 3.47. The molecule has 0 aromatic heterocycles. The van der Waals surface area contributed by atoms with Gasteiger partial charge < -0.3 is 0 Å². The van der Waals surface area contributed by atoms with Gasteiger partial charge in [-0.1, -0.05) is 6.07 Å². The average Bonchev–Trinajstić information content (AvgIpc) is 2.88. The molecule has 0 atom stereocenters. The van der Waals surface area contributed by atoms with Gasteiger partial charge in [-0.2, -0.15) is 26.3 Å². The lowest BCUT2D eigenvalue weighted by Crippen LogP contribution is -2.46. The number of fused-ring (bicyclic) bond motifs is 1. The monoisotopic (exact) mass is 348 g/mol. The highest BCUT2D eigenvalue weighted by Crippen LogP contribution is 2.34. The van der Waals surface area contributed by atoms with Crippen molar-refractivity contribution in [3.8, 4) is 0 Å². The third-order valence-electron chi connectivity index (χ3n) is 3.47. The standard InChI is InChI=1S/C14H10F6N4/c1-7-6-8(2-3-9(7)13(15,16)17)10-4-5-11-21-22-12(14(18,19)20)24(11)23-10/h2-6,21,23H,1H3. The minimum absolute atomic E-state index is 0.0262. The molecule has 1 aromatic rings. The van der Waals surface area contributed by atoms with Crippen LogP contribution in [0.25, 0.3) is 5.70 Å². The van der Waals surface area contributed by atoms with Crippen LogP contribution in [0.4, 0.5) is 26.3 Å². The first-order valence-corrected chi connectivity index (χ1v) is 6.65. The molecule has 0 radical (unpaired) electrons. The summed E-state index contributed by atoms with van der Waals surface area (Å²) < 4.78 is 77.0. The first-order valence-electron chi connectivity index (χ1n) is 6.65. The smallest absolute Gasteiger partial charge is 0.290 e. The molecule has 0 saturated heterocycles. The SMILES string of the molecule is Cc1cc(C2=CC=C3NN=C(C(F)(F)F)N3N2)ccc1C(F)(F)F. The number of nitrogens with zero attached hydrogens (tertiary/aromatic N) is 2. The number of hydrogen-bond acceptors (Lipinski definition) is 4. The molecule has 2 aliphatic heterocycles. The number of alkyl halides is 6. The van der Waals surface area contributed by atoms with Crippen molar-refractivity contribution in [3.05, 3.63) is 52.9 Å². The van der Waals surface area contributed by atoms with Crippen LogP contribution in [0.15, 0.2) is 41.3 Å². The molecule has 1 aromatic carbocycles. The maximum absolute atomic E-state index is 12.9. The zero-order valence-electron chi connectivity index (χ0n) is 12.0. The highest BCUT2D eigenvalue weighted by molar-refractivity contribution is 5.91. The van der Waals surface area contributed by atoms with Gasteiger partial charge in [-0.3, -0.25) is 10.9 Å². The average molecular weight is 348 g/mol. The van der Waals surface area contributed by atoms with Crippen molar-refractivity contribution in [1.29, 1.82) is 0 Å². The minimum atomic E-state index is -4.69. The second kappa shape index (κ2) is 5.18. The van der Waals surface area contributed by atoms with Gasteiger partial charge in [-0.25, -0.2) is 5.01 Å². The quantitative estimate of drug-likeness (QED) is 0.763. The van der Waals surface area contributed by atoms with Gasteiger partial charge in [0, 0.05) is 0 Å². The molecular formula is C14H10F6N4. The molecule has 128 valence electrons. The van der Waals surface area contributed by atoms with Crippen molar-refractivity contribution in [3.63, 3.8) is 0 Å². The van der Waals surface area contributed by atoms with Gasteiger partial charge >= 0.3 is 12.4 Å². The van der Waals surface area contributed by atoms with E-state index in [4.69, 9.17) is 0 Å². The van der Waals surface area contributed by atoms with Crippen molar-refractivity contribution in [2.24, 2.45) is 5.10 Å². The van der Waals surface area contributed by atoms with Crippen LogP contribution in [0.5, 0.6) is 0 Å². The van der Waals surface area contributed by atoms with Crippen LogP contribution in [-0.4, -0.2) is 17.0 Å². The Morgan fingerprint density at radius 3 is 2.29 bits per heavy atom. The molecule has 0 unspecified atom stereocenters. The summed E-state index contributed by atoms with van der Waals surface area (Å²) >= 11 is 0. The van der Waals surface area contributed by atoms with Crippen LogP contribution in [0, 0.1) is 6.92 Å². The molecule has 0 fully saturated rings. The maximum atomic E-state index is 12.9. The van der Waals surface area contributed by atoms with Crippen LogP contribution in [0.3, 0.4) is 0 Å². The molecular weight excluding hydrogens is 338 g/mol. The molecule has 4 nitrogen and oxygen atoms in total. The van der Waals surface area contributed by atoms with Gasteiger partial charge in [-0.15, -0.1) is 5.10 Å². The Kier molecular flexibility index (Phi) is 3.50. The summed E-state index contributed by atoms with van der Waals surface area (Å²) in [7, 11) is 0.